The number of aromatic nitrogens is 1. The SMILES string of the molecule is CCCC[C@@H]1CC[C@@]2(C)c3[nH]c4ccccc4c3CCCN2C1. The molecule has 0 bridgehead atoms. The Morgan fingerprint density at radius 2 is 2.17 bits per heavy atom. The number of unbranched alkanes of at least 4 members (excludes halogenated alkanes) is 1. The summed E-state index contributed by atoms with van der Waals surface area (Å²) in [6.45, 7) is 7.36. The van der Waals surface area contributed by atoms with Crippen LogP contribution in [-0.2, 0) is 12.0 Å². The second-order valence-electron chi connectivity index (χ2n) is 7.89. The van der Waals surface area contributed by atoms with Crippen LogP contribution in [-0.4, -0.2) is 23.0 Å². The van der Waals surface area contributed by atoms with Crippen molar-refractivity contribution in [3.05, 3.63) is 35.5 Å². The van der Waals surface area contributed by atoms with E-state index in [2.05, 4.69) is 48.0 Å². The summed E-state index contributed by atoms with van der Waals surface area (Å²) in [7, 11) is 0. The zero-order valence-electron chi connectivity index (χ0n) is 14.7. The van der Waals surface area contributed by atoms with E-state index in [1.807, 2.05) is 0 Å². The van der Waals surface area contributed by atoms with E-state index in [4.69, 9.17) is 0 Å². The molecule has 2 aromatic rings. The van der Waals surface area contributed by atoms with Crippen LogP contribution in [0.4, 0.5) is 0 Å². The summed E-state index contributed by atoms with van der Waals surface area (Å²) in [5.41, 5.74) is 4.66. The molecular weight excluding hydrogens is 280 g/mol. The number of hydrogen-bond acceptors (Lipinski definition) is 1. The van der Waals surface area contributed by atoms with Crippen molar-refractivity contribution in [1.82, 2.24) is 9.88 Å². The van der Waals surface area contributed by atoms with Crippen LogP contribution in [0.3, 0.4) is 0 Å². The molecule has 1 fully saturated rings. The molecule has 2 aliphatic rings. The number of rotatable bonds is 3. The molecule has 0 aliphatic carbocycles. The van der Waals surface area contributed by atoms with Crippen molar-refractivity contribution in [1.29, 1.82) is 0 Å². The number of hydrogen-bond donors (Lipinski definition) is 1. The minimum absolute atomic E-state index is 0.216. The second-order valence-corrected chi connectivity index (χ2v) is 7.89. The summed E-state index contributed by atoms with van der Waals surface area (Å²) in [5, 5.41) is 1.46. The first-order valence-electron chi connectivity index (χ1n) is 9.57. The Kier molecular flexibility index (Phi) is 3.96. The Hall–Kier alpha value is -1.28. The largest absolute Gasteiger partial charge is 0.357 e. The van der Waals surface area contributed by atoms with Gasteiger partial charge in [0, 0.05) is 23.1 Å². The number of piperidine rings is 1. The van der Waals surface area contributed by atoms with Crippen LogP contribution >= 0.6 is 0 Å². The van der Waals surface area contributed by atoms with Crippen LogP contribution in [0.2, 0.25) is 0 Å². The molecule has 4 rings (SSSR count). The molecule has 1 N–H and O–H groups in total. The Balaban J connectivity index is 1.70. The van der Waals surface area contributed by atoms with Gasteiger partial charge in [-0.05, 0) is 63.1 Å². The Bertz CT molecular complexity index is 686. The number of aryl methyl sites for hydroxylation is 1. The molecule has 0 unspecified atom stereocenters. The summed E-state index contributed by atoms with van der Waals surface area (Å²) in [6.07, 6.45) is 9.37. The minimum Gasteiger partial charge on any atom is -0.357 e. The van der Waals surface area contributed by atoms with Gasteiger partial charge in [-0.2, -0.15) is 0 Å². The monoisotopic (exact) mass is 310 g/mol. The third-order valence-corrected chi connectivity index (χ3v) is 6.39. The zero-order valence-corrected chi connectivity index (χ0v) is 14.7. The molecule has 1 aromatic heterocycles. The topological polar surface area (TPSA) is 19.0 Å². The highest BCUT2D eigenvalue weighted by Crippen LogP contribution is 2.44. The van der Waals surface area contributed by atoms with Crippen molar-refractivity contribution in [2.24, 2.45) is 5.92 Å². The molecule has 2 aliphatic heterocycles. The lowest BCUT2D eigenvalue weighted by Gasteiger charge is -2.47. The van der Waals surface area contributed by atoms with Gasteiger partial charge in [0.05, 0.1) is 5.54 Å². The molecule has 23 heavy (non-hydrogen) atoms. The molecule has 2 atom stereocenters. The number of nitrogens with one attached hydrogen (secondary N) is 1. The van der Waals surface area contributed by atoms with Gasteiger partial charge in [-0.25, -0.2) is 0 Å². The zero-order chi connectivity index (χ0) is 15.9. The van der Waals surface area contributed by atoms with Crippen LogP contribution in [0, 0.1) is 5.92 Å². The maximum atomic E-state index is 3.81. The van der Waals surface area contributed by atoms with E-state index >= 15 is 0 Å². The van der Waals surface area contributed by atoms with E-state index in [1.165, 1.54) is 74.6 Å². The number of H-pyrrole nitrogens is 1. The third kappa shape index (κ3) is 2.52. The first kappa shape index (κ1) is 15.3. The maximum absolute atomic E-state index is 3.81. The molecule has 124 valence electrons. The van der Waals surface area contributed by atoms with Crippen LogP contribution < -0.4 is 0 Å². The fourth-order valence-corrected chi connectivity index (χ4v) is 4.96. The molecule has 2 heteroatoms. The number of aromatic amines is 1. The highest BCUT2D eigenvalue weighted by molar-refractivity contribution is 5.85. The van der Waals surface area contributed by atoms with Gasteiger partial charge in [-0.3, -0.25) is 4.90 Å². The molecule has 1 saturated heterocycles. The van der Waals surface area contributed by atoms with E-state index < -0.39 is 0 Å². The van der Waals surface area contributed by atoms with E-state index in [0.717, 1.165) is 5.92 Å². The van der Waals surface area contributed by atoms with Crippen molar-refractivity contribution in [3.8, 4) is 0 Å². The average Bonchev–Trinajstić information content (AvgIpc) is 2.88. The van der Waals surface area contributed by atoms with Gasteiger partial charge in [-0.1, -0.05) is 38.0 Å². The van der Waals surface area contributed by atoms with Crippen molar-refractivity contribution >= 4 is 10.9 Å². The van der Waals surface area contributed by atoms with Crippen LogP contribution in [0.5, 0.6) is 0 Å². The summed E-state index contributed by atoms with van der Waals surface area (Å²) in [4.78, 5) is 6.62. The lowest BCUT2D eigenvalue weighted by molar-refractivity contribution is 0.0264. The normalized spacial score (nSPS) is 28.3. The standard InChI is InChI=1S/C21H30N2/c1-3-4-8-16-12-13-21(2)20-18(10-7-14-23(21)15-16)17-9-5-6-11-19(17)22-20/h5-6,9,11,16,22H,3-4,7-8,10,12-15H2,1-2H3/t16-,21+/m1/s1. The van der Waals surface area contributed by atoms with E-state index in [1.54, 1.807) is 5.56 Å². The fraction of sp³-hybridized carbons (Fsp3) is 0.619. The Morgan fingerprint density at radius 1 is 1.30 bits per heavy atom. The van der Waals surface area contributed by atoms with Gasteiger partial charge in [0.1, 0.15) is 0 Å². The lowest BCUT2D eigenvalue weighted by Crippen LogP contribution is -2.50. The van der Waals surface area contributed by atoms with Crippen molar-refractivity contribution in [2.45, 2.75) is 64.3 Å². The molecule has 1 aromatic carbocycles. The predicted molar refractivity (Wildman–Crippen MR) is 97.8 cm³/mol. The first-order chi connectivity index (χ1) is 11.2. The number of fused-ring (bicyclic) bond motifs is 5. The quantitative estimate of drug-likeness (QED) is 0.822. The molecule has 0 saturated carbocycles. The summed E-state index contributed by atoms with van der Waals surface area (Å²) >= 11 is 0. The van der Waals surface area contributed by atoms with Gasteiger partial charge < -0.3 is 4.98 Å². The van der Waals surface area contributed by atoms with Crippen molar-refractivity contribution in [2.75, 3.05) is 13.1 Å². The first-order valence-corrected chi connectivity index (χ1v) is 9.57. The molecule has 3 heterocycles. The lowest BCUT2D eigenvalue weighted by atomic mass is 9.79. The third-order valence-electron chi connectivity index (χ3n) is 6.39. The van der Waals surface area contributed by atoms with E-state index in [0.29, 0.717) is 0 Å². The molecule has 2 nitrogen and oxygen atoms in total. The summed E-state index contributed by atoms with van der Waals surface area (Å²) in [6, 6.07) is 8.88. The van der Waals surface area contributed by atoms with Crippen molar-refractivity contribution < 1.29 is 0 Å². The van der Waals surface area contributed by atoms with Crippen LogP contribution in [0.15, 0.2) is 24.3 Å². The maximum Gasteiger partial charge on any atom is 0.0586 e. The van der Waals surface area contributed by atoms with Gasteiger partial charge in [-0.15, -0.1) is 0 Å². The number of nitrogens with zero attached hydrogens (tertiary/aromatic N) is 1. The minimum atomic E-state index is 0.216. The molecule has 0 amide bonds. The van der Waals surface area contributed by atoms with Crippen LogP contribution in [0.1, 0.15) is 63.6 Å². The van der Waals surface area contributed by atoms with Gasteiger partial charge in [0.2, 0.25) is 0 Å². The number of benzene rings is 1. The molecular formula is C21H30N2. The average molecular weight is 310 g/mol. The van der Waals surface area contributed by atoms with Crippen LogP contribution in [0.25, 0.3) is 10.9 Å². The van der Waals surface area contributed by atoms with E-state index in [9.17, 15) is 0 Å². The Labute approximate surface area is 140 Å². The molecule has 0 radical (unpaired) electrons. The molecule has 0 spiro atoms. The summed E-state index contributed by atoms with van der Waals surface area (Å²) in [5.74, 6) is 0.911. The van der Waals surface area contributed by atoms with Crippen molar-refractivity contribution in [3.63, 3.8) is 0 Å². The fourth-order valence-electron chi connectivity index (χ4n) is 4.96. The highest BCUT2D eigenvalue weighted by atomic mass is 15.2. The van der Waals surface area contributed by atoms with Gasteiger partial charge >= 0.3 is 0 Å². The van der Waals surface area contributed by atoms with Gasteiger partial charge in [0.15, 0.2) is 0 Å². The predicted octanol–water partition coefficient (Wildman–Crippen LogP) is 5.23. The Morgan fingerprint density at radius 3 is 3.04 bits per heavy atom. The second kappa shape index (κ2) is 5.98. The van der Waals surface area contributed by atoms with E-state index in [-0.39, 0.29) is 5.54 Å². The summed E-state index contributed by atoms with van der Waals surface area (Å²) < 4.78 is 0. The smallest absolute Gasteiger partial charge is 0.0586 e. The number of para-hydroxylation sites is 1. The van der Waals surface area contributed by atoms with Gasteiger partial charge in [0.25, 0.3) is 0 Å². The highest BCUT2D eigenvalue weighted by Gasteiger charge is 2.42.